The second-order valence-electron chi connectivity index (χ2n) is 11.4. The average molecular weight is 658 g/mol. The van der Waals surface area contributed by atoms with Crippen LogP contribution in [0.4, 0.5) is 0 Å². The maximum absolute atomic E-state index is 12.7. The summed E-state index contributed by atoms with van der Waals surface area (Å²) in [7, 11) is -4.04. The number of nitrogens with zero attached hydrogens (tertiary/aromatic N) is 3. The molecule has 4 aromatic carbocycles. The minimum absolute atomic E-state index is 0.0677. The Kier molecular flexibility index (Phi) is 12.5. The molecular weight excluding hydrogens is 618 g/mol. The number of hydrogen-bond acceptors (Lipinski definition) is 8. The molecule has 1 fully saturated rings. The Hall–Kier alpha value is -4.06. The van der Waals surface area contributed by atoms with Gasteiger partial charge >= 0.3 is 0 Å². The molecular formula is C36H39N3O7S. The second kappa shape index (κ2) is 17.2. The third-order valence-electron chi connectivity index (χ3n) is 7.92. The lowest BCUT2D eigenvalue weighted by Gasteiger charge is -2.48. The molecule has 0 bridgehead atoms. The van der Waals surface area contributed by atoms with Crippen LogP contribution in [-0.2, 0) is 59.7 Å². The zero-order valence-electron chi connectivity index (χ0n) is 26.2. The molecule has 10 nitrogen and oxygen atoms in total. The van der Waals surface area contributed by atoms with Gasteiger partial charge in [-0.25, -0.2) is 0 Å². The van der Waals surface area contributed by atoms with Crippen LogP contribution in [0.15, 0.2) is 126 Å². The molecule has 0 heterocycles. The number of benzene rings is 4. The molecule has 11 heteroatoms. The maximum atomic E-state index is 12.7. The fourth-order valence-electron chi connectivity index (χ4n) is 5.75. The van der Waals surface area contributed by atoms with Crippen molar-refractivity contribution < 1.29 is 31.5 Å². The van der Waals surface area contributed by atoms with Crippen molar-refractivity contribution in [3.05, 3.63) is 154 Å². The van der Waals surface area contributed by atoms with Crippen LogP contribution in [-0.4, -0.2) is 51.7 Å². The van der Waals surface area contributed by atoms with Crippen LogP contribution in [0.5, 0.6) is 0 Å². The molecule has 0 N–H and O–H groups in total. The molecule has 0 amide bonds. The fraction of sp³-hybridized carbons (Fsp3) is 0.333. The number of ether oxygens (including phenoxy) is 4. The third-order valence-corrected chi connectivity index (χ3v) is 8.49. The maximum Gasteiger partial charge on any atom is 0.264 e. The highest BCUT2D eigenvalue weighted by molar-refractivity contribution is 7.86. The van der Waals surface area contributed by atoms with E-state index in [1.54, 1.807) is 0 Å². The minimum Gasteiger partial charge on any atom is -0.376 e. The summed E-state index contributed by atoms with van der Waals surface area (Å²) in [4.78, 5) is 3.12. The van der Waals surface area contributed by atoms with Crippen LogP contribution < -0.4 is 0 Å². The van der Waals surface area contributed by atoms with Gasteiger partial charge in [0, 0.05) is 10.8 Å². The molecule has 246 valence electrons. The van der Waals surface area contributed by atoms with Crippen LogP contribution in [0.2, 0.25) is 0 Å². The van der Waals surface area contributed by atoms with Crippen LogP contribution in [0.3, 0.4) is 0 Å². The standard InChI is InChI=1S/C36H39N3O7S/c1-47(40,41)46-34-32(38-39-37)31(26-42-22-27-14-6-2-7-15-27)33(43-23-28-16-8-3-9-17-28)35(44-24-29-18-10-4-11-19-29)36(34)45-25-30-20-12-5-13-21-30/h2-21,31-36H,22-26H2,1H3/t31-,32-,33+,34+,35-,36-/m0/s1. The van der Waals surface area contributed by atoms with Crippen LogP contribution in [0, 0.1) is 5.92 Å². The first kappa shape index (κ1) is 34.3. The average Bonchev–Trinajstić information content (AvgIpc) is 3.09. The van der Waals surface area contributed by atoms with E-state index in [2.05, 4.69) is 10.0 Å². The lowest BCUT2D eigenvalue weighted by Crippen LogP contribution is -2.64. The van der Waals surface area contributed by atoms with E-state index in [1.807, 2.05) is 121 Å². The van der Waals surface area contributed by atoms with E-state index in [-0.39, 0.29) is 33.0 Å². The molecule has 0 aromatic heterocycles. The summed E-state index contributed by atoms with van der Waals surface area (Å²) in [6.45, 7) is 0.893. The van der Waals surface area contributed by atoms with E-state index >= 15 is 0 Å². The van der Waals surface area contributed by atoms with Gasteiger partial charge in [-0.3, -0.25) is 4.18 Å². The summed E-state index contributed by atoms with van der Waals surface area (Å²) in [5.74, 6) is -0.664. The molecule has 4 aromatic rings. The molecule has 1 saturated carbocycles. The van der Waals surface area contributed by atoms with Crippen molar-refractivity contribution in [1.82, 2.24) is 0 Å². The molecule has 0 radical (unpaired) electrons. The lowest BCUT2D eigenvalue weighted by atomic mass is 9.77. The van der Waals surface area contributed by atoms with Gasteiger partial charge in [0.15, 0.2) is 0 Å². The largest absolute Gasteiger partial charge is 0.376 e. The third kappa shape index (κ3) is 10.2. The van der Waals surface area contributed by atoms with Gasteiger partial charge in [-0.2, -0.15) is 8.42 Å². The topological polar surface area (TPSA) is 129 Å². The van der Waals surface area contributed by atoms with Crippen LogP contribution >= 0.6 is 0 Å². The Balaban J connectivity index is 1.54. The summed E-state index contributed by atoms with van der Waals surface area (Å²) < 4.78 is 57.2. The lowest BCUT2D eigenvalue weighted by molar-refractivity contribution is -0.225. The van der Waals surface area contributed by atoms with E-state index < -0.39 is 46.5 Å². The highest BCUT2D eigenvalue weighted by atomic mass is 32.2. The van der Waals surface area contributed by atoms with Gasteiger partial charge in [0.25, 0.3) is 10.1 Å². The predicted molar refractivity (Wildman–Crippen MR) is 177 cm³/mol. The predicted octanol–water partition coefficient (Wildman–Crippen LogP) is 6.61. The second-order valence-corrected chi connectivity index (χ2v) is 13.0. The van der Waals surface area contributed by atoms with Crippen molar-refractivity contribution in [2.24, 2.45) is 11.0 Å². The first-order chi connectivity index (χ1) is 22.9. The molecule has 0 saturated heterocycles. The molecule has 0 unspecified atom stereocenters. The summed E-state index contributed by atoms with van der Waals surface area (Å²) in [5, 5.41) is 4.12. The summed E-state index contributed by atoms with van der Waals surface area (Å²) in [5.41, 5.74) is 13.4. The van der Waals surface area contributed by atoms with Crippen LogP contribution in [0.25, 0.3) is 10.4 Å². The van der Waals surface area contributed by atoms with Gasteiger partial charge in [-0.05, 0) is 27.8 Å². The Morgan fingerprint density at radius 3 is 1.38 bits per heavy atom. The van der Waals surface area contributed by atoms with E-state index in [0.29, 0.717) is 0 Å². The summed E-state index contributed by atoms with van der Waals surface area (Å²) in [6, 6.07) is 37.4. The van der Waals surface area contributed by atoms with Crippen LogP contribution in [0.1, 0.15) is 22.3 Å². The quantitative estimate of drug-likeness (QED) is 0.0574. The molecule has 5 rings (SSSR count). The van der Waals surface area contributed by atoms with Gasteiger partial charge < -0.3 is 18.9 Å². The highest BCUT2D eigenvalue weighted by Gasteiger charge is 2.54. The smallest absolute Gasteiger partial charge is 0.264 e. The van der Waals surface area contributed by atoms with Crippen molar-refractivity contribution in [3.63, 3.8) is 0 Å². The monoisotopic (exact) mass is 657 g/mol. The molecule has 6 atom stereocenters. The molecule has 0 spiro atoms. The SMILES string of the molecule is CS(=O)(=O)O[C@@H]1[C@@H](N=[N+]=[N-])[C@H](COCc2ccccc2)[C@@H](OCc2ccccc2)[C@H](OCc2ccccc2)[C@H]1OCc1ccccc1. The fourth-order valence-corrected chi connectivity index (χ4v) is 6.38. The van der Waals surface area contributed by atoms with Gasteiger partial charge in [0.05, 0.1) is 51.4 Å². The van der Waals surface area contributed by atoms with Crippen molar-refractivity contribution >= 4 is 10.1 Å². The Morgan fingerprint density at radius 2 is 0.979 bits per heavy atom. The van der Waals surface area contributed by atoms with E-state index in [1.165, 1.54) is 0 Å². The molecule has 0 aliphatic heterocycles. The van der Waals surface area contributed by atoms with Crippen molar-refractivity contribution in [1.29, 1.82) is 0 Å². The Labute approximate surface area is 276 Å². The van der Waals surface area contributed by atoms with Gasteiger partial charge in [-0.1, -0.05) is 126 Å². The Morgan fingerprint density at radius 1 is 0.596 bits per heavy atom. The van der Waals surface area contributed by atoms with Crippen molar-refractivity contribution in [2.45, 2.75) is 56.9 Å². The highest BCUT2D eigenvalue weighted by Crippen LogP contribution is 2.38. The first-order valence-corrected chi connectivity index (χ1v) is 17.2. The van der Waals surface area contributed by atoms with E-state index in [0.717, 1.165) is 28.5 Å². The zero-order chi connectivity index (χ0) is 32.9. The molecule has 47 heavy (non-hydrogen) atoms. The van der Waals surface area contributed by atoms with E-state index in [9.17, 15) is 13.9 Å². The van der Waals surface area contributed by atoms with Gasteiger partial charge in [0.2, 0.25) is 0 Å². The van der Waals surface area contributed by atoms with Gasteiger partial charge in [-0.15, -0.1) is 0 Å². The van der Waals surface area contributed by atoms with E-state index in [4.69, 9.17) is 23.1 Å². The summed E-state index contributed by atoms with van der Waals surface area (Å²) >= 11 is 0. The van der Waals surface area contributed by atoms with Gasteiger partial charge in [0.1, 0.15) is 18.3 Å². The first-order valence-electron chi connectivity index (χ1n) is 15.4. The van der Waals surface area contributed by atoms with Crippen molar-refractivity contribution in [2.75, 3.05) is 12.9 Å². The normalized spacial score (nSPS) is 22.7. The summed E-state index contributed by atoms with van der Waals surface area (Å²) in [6.07, 6.45) is -2.86. The zero-order valence-corrected chi connectivity index (χ0v) is 27.0. The number of rotatable bonds is 16. The molecule has 1 aliphatic rings. The number of azide groups is 1. The Bertz CT molecular complexity index is 1660. The number of hydrogen-bond donors (Lipinski definition) is 0. The minimum atomic E-state index is -4.04. The van der Waals surface area contributed by atoms with Crippen molar-refractivity contribution in [3.8, 4) is 0 Å². The molecule has 1 aliphatic carbocycles.